The van der Waals surface area contributed by atoms with Gasteiger partial charge in [0.05, 0.1) is 33.1 Å². The van der Waals surface area contributed by atoms with Crippen LogP contribution in [0.5, 0.6) is 17.2 Å². The van der Waals surface area contributed by atoms with Crippen LogP contribution in [-0.4, -0.2) is 33.5 Å². The predicted octanol–water partition coefficient (Wildman–Crippen LogP) is 2.78. The molecule has 0 radical (unpaired) electrons. The molecule has 0 aliphatic rings. The highest BCUT2D eigenvalue weighted by atomic mass is 16.7. The molecule has 6 heteroatoms. The van der Waals surface area contributed by atoms with Gasteiger partial charge in [-0.15, -0.1) is 0 Å². The molecule has 0 saturated heterocycles. The first-order valence-corrected chi connectivity index (χ1v) is 6.69. The fraction of sp³-hybridized carbons (Fsp3) is 0.467. The van der Waals surface area contributed by atoms with Gasteiger partial charge in [0.25, 0.3) is 0 Å². The zero-order chi connectivity index (χ0) is 15.7. The van der Waals surface area contributed by atoms with Gasteiger partial charge in [0.15, 0.2) is 0 Å². The lowest BCUT2D eigenvalue weighted by Gasteiger charge is -2.11. The van der Waals surface area contributed by atoms with E-state index >= 15 is 0 Å². The number of benzene rings is 1. The molecular weight excluding hydrogens is 274 g/mol. The molecule has 0 spiro atoms. The maximum Gasteiger partial charge on any atom is 0.335 e. The minimum Gasteiger partial charge on any atom is -0.496 e. The van der Waals surface area contributed by atoms with Gasteiger partial charge in [0.2, 0.25) is 0 Å². The molecule has 1 rings (SSSR count). The molecule has 21 heavy (non-hydrogen) atoms. The number of ether oxygens (including phenoxy) is 3. The lowest BCUT2D eigenvalue weighted by atomic mass is 10.2. The van der Waals surface area contributed by atoms with E-state index in [0.717, 1.165) is 12.8 Å². The second-order valence-electron chi connectivity index (χ2n) is 4.25. The van der Waals surface area contributed by atoms with Gasteiger partial charge in [0.1, 0.15) is 17.2 Å². The Balaban J connectivity index is 2.88. The topological polar surface area (TPSA) is 66.4 Å². The molecule has 0 aliphatic heterocycles. The molecule has 0 saturated carbocycles. The molecule has 0 unspecified atom stereocenters. The van der Waals surface area contributed by atoms with Crippen molar-refractivity contribution in [2.75, 3.05) is 21.3 Å². The van der Waals surface area contributed by atoms with Gasteiger partial charge in [-0.3, -0.25) is 0 Å². The number of oxime groups is 1. The molecule has 0 N–H and O–H groups in total. The van der Waals surface area contributed by atoms with Crippen molar-refractivity contribution in [2.24, 2.45) is 5.16 Å². The molecule has 1 aromatic rings. The summed E-state index contributed by atoms with van der Waals surface area (Å²) in [7, 11) is 4.61. The molecule has 0 atom stereocenters. The average molecular weight is 295 g/mol. The van der Waals surface area contributed by atoms with Gasteiger partial charge in [-0.1, -0.05) is 18.5 Å². The van der Waals surface area contributed by atoms with Gasteiger partial charge < -0.3 is 19.0 Å². The summed E-state index contributed by atoms with van der Waals surface area (Å²) in [5, 5.41) is 3.69. The van der Waals surface area contributed by atoms with E-state index in [1.54, 1.807) is 19.2 Å². The maximum absolute atomic E-state index is 11.4. The largest absolute Gasteiger partial charge is 0.496 e. The highest BCUT2D eigenvalue weighted by Crippen LogP contribution is 2.32. The SMILES string of the molecule is CCCCC(=O)ON=Cc1c(OC)cc(OC)cc1OC. The zero-order valence-electron chi connectivity index (χ0n) is 12.8. The zero-order valence-corrected chi connectivity index (χ0v) is 12.8. The van der Waals surface area contributed by atoms with E-state index in [0.29, 0.717) is 29.2 Å². The Hall–Kier alpha value is -2.24. The van der Waals surface area contributed by atoms with Crippen molar-refractivity contribution >= 4 is 12.2 Å². The van der Waals surface area contributed by atoms with E-state index in [2.05, 4.69) is 5.16 Å². The van der Waals surface area contributed by atoms with Crippen LogP contribution < -0.4 is 14.2 Å². The molecular formula is C15H21NO5. The van der Waals surface area contributed by atoms with Gasteiger partial charge in [0, 0.05) is 18.6 Å². The van der Waals surface area contributed by atoms with Crippen molar-refractivity contribution in [3.8, 4) is 17.2 Å². The number of hydrogen-bond acceptors (Lipinski definition) is 6. The molecule has 0 heterocycles. The molecule has 116 valence electrons. The quantitative estimate of drug-likeness (QED) is 0.419. The highest BCUT2D eigenvalue weighted by molar-refractivity contribution is 5.88. The van der Waals surface area contributed by atoms with E-state index in [4.69, 9.17) is 19.0 Å². The van der Waals surface area contributed by atoms with Gasteiger partial charge in [-0.2, -0.15) is 0 Å². The summed E-state index contributed by atoms with van der Waals surface area (Å²) in [5.41, 5.74) is 0.573. The summed E-state index contributed by atoms with van der Waals surface area (Å²) in [6.45, 7) is 2.00. The Labute approximate surface area is 124 Å². The third kappa shape index (κ3) is 4.98. The molecule has 0 aliphatic carbocycles. The summed E-state index contributed by atoms with van der Waals surface area (Å²) in [6.07, 6.45) is 3.45. The molecule has 1 aromatic carbocycles. The highest BCUT2D eigenvalue weighted by Gasteiger charge is 2.12. The second kappa shape index (κ2) is 8.84. The number of rotatable bonds is 8. The number of unbranched alkanes of at least 4 members (excludes halogenated alkanes) is 1. The summed E-state index contributed by atoms with van der Waals surface area (Å²) < 4.78 is 15.7. The number of methoxy groups -OCH3 is 3. The summed E-state index contributed by atoms with van der Waals surface area (Å²) >= 11 is 0. The normalized spacial score (nSPS) is 10.5. The maximum atomic E-state index is 11.4. The number of nitrogens with zero attached hydrogens (tertiary/aromatic N) is 1. The van der Waals surface area contributed by atoms with E-state index < -0.39 is 0 Å². The fourth-order valence-corrected chi connectivity index (χ4v) is 1.66. The number of hydrogen-bond donors (Lipinski definition) is 0. The number of carbonyl (C=O) groups is 1. The van der Waals surface area contributed by atoms with Crippen LogP contribution in [0.2, 0.25) is 0 Å². The van der Waals surface area contributed by atoms with Crippen molar-refractivity contribution in [1.29, 1.82) is 0 Å². The van der Waals surface area contributed by atoms with Crippen LogP contribution in [0.15, 0.2) is 17.3 Å². The van der Waals surface area contributed by atoms with Crippen molar-refractivity contribution in [3.63, 3.8) is 0 Å². The van der Waals surface area contributed by atoms with Crippen molar-refractivity contribution in [2.45, 2.75) is 26.2 Å². The fourth-order valence-electron chi connectivity index (χ4n) is 1.66. The van der Waals surface area contributed by atoms with E-state index in [1.807, 2.05) is 6.92 Å². The lowest BCUT2D eigenvalue weighted by Crippen LogP contribution is -2.01. The first-order chi connectivity index (χ1) is 10.2. The van der Waals surface area contributed by atoms with E-state index in [1.165, 1.54) is 20.4 Å². The van der Waals surface area contributed by atoms with Gasteiger partial charge in [-0.25, -0.2) is 4.79 Å². The Morgan fingerprint density at radius 1 is 1.14 bits per heavy atom. The number of carbonyl (C=O) groups excluding carboxylic acids is 1. The summed E-state index contributed by atoms with van der Waals surface area (Å²) in [6, 6.07) is 3.39. The van der Waals surface area contributed by atoms with Crippen LogP contribution >= 0.6 is 0 Å². The standard InChI is InChI=1S/C15H21NO5/c1-5-6-7-15(17)21-16-10-12-13(19-3)8-11(18-2)9-14(12)20-4/h8-10H,5-7H2,1-4H3. The van der Waals surface area contributed by atoms with Crippen LogP contribution in [0.25, 0.3) is 0 Å². The van der Waals surface area contributed by atoms with Crippen molar-refractivity contribution in [1.82, 2.24) is 0 Å². The van der Waals surface area contributed by atoms with Crippen LogP contribution in [0.3, 0.4) is 0 Å². The van der Waals surface area contributed by atoms with E-state index in [9.17, 15) is 4.79 Å². The van der Waals surface area contributed by atoms with Crippen LogP contribution in [0.1, 0.15) is 31.7 Å². The van der Waals surface area contributed by atoms with Gasteiger partial charge in [-0.05, 0) is 6.42 Å². The van der Waals surface area contributed by atoms with Gasteiger partial charge >= 0.3 is 5.97 Å². The Morgan fingerprint density at radius 3 is 2.24 bits per heavy atom. The summed E-state index contributed by atoms with van der Waals surface area (Å²) in [4.78, 5) is 16.2. The Bertz CT molecular complexity index is 474. The Kier molecular flexibility index (Phi) is 7.08. The minimum atomic E-state index is -0.362. The van der Waals surface area contributed by atoms with Crippen molar-refractivity contribution < 1.29 is 23.8 Å². The smallest absolute Gasteiger partial charge is 0.335 e. The van der Waals surface area contributed by atoms with Crippen molar-refractivity contribution in [3.05, 3.63) is 17.7 Å². The monoisotopic (exact) mass is 295 g/mol. The second-order valence-corrected chi connectivity index (χ2v) is 4.25. The Morgan fingerprint density at radius 2 is 1.76 bits per heavy atom. The van der Waals surface area contributed by atoms with E-state index in [-0.39, 0.29) is 5.97 Å². The molecule has 0 aromatic heterocycles. The van der Waals surface area contributed by atoms with Crippen LogP contribution in [0, 0.1) is 0 Å². The minimum absolute atomic E-state index is 0.352. The first kappa shape index (κ1) is 16.8. The third-order valence-corrected chi connectivity index (χ3v) is 2.82. The lowest BCUT2D eigenvalue weighted by molar-refractivity contribution is -0.143. The third-order valence-electron chi connectivity index (χ3n) is 2.82. The first-order valence-electron chi connectivity index (χ1n) is 6.69. The molecule has 0 bridgehead atoms. The van der Waals surface area contributed by atoms with Crippen LogP contribution in [-0.2, 0) is 9.63 Å². The molecule has 0 fully saturated rings. The predicted molar refractivity (Wildman–Crippen MR) is 79.3 cm³/mol. The molecule has 0 amide bonds. The van der Waals surface area contributed by atoms with Crippen LogP contribution in [0.4, 0.5) is 0 Å². The molecule has 6 nitrogen and oxygen atoms in total. The average Bonchev–Trinajstić information content (AvgIpc) is 2.52. The summed E-state index contributed by atoms with van der Waals surface area (Å²) in [5.74, 6) is 1.26.